The number of hydrogen-bond donors (Lipinski definition) is 7. The van der Waals surface area contributed by atoms with Gasteiger partial charge in [-0.2, -0.15) is 0 Å². The molecule has 13 nitrogen and oxygen atoms in total. The molecule has 55 heavy (non-hydrogen) atoms. The number of halogens is 6. The van der Waals surface area contributed by atoms with E-state index in [0.717, 1.165) is 34.9 Å². The molecule has 2 aromatic rings. The van der Waals surface area contributed by atoms with E-state index < -0.39 is 32.0 Å². The van der Waals surface area contributed by atoms with Crippen LogP contribution in [0.25, 0.3) is 0 Å². The number of amides is 4. The number of hydrogen-bond acceptors (Lipinski definition) is 9. The fraction of sp³-hybridized carbons (Fsp3) is 0.529. The van der Waals surface area contributed by atoms with Gasteiger partial charge in [0, 0.05) is 40.1 Å². The Balaban J connectivity index is 0.000000393. The Kier molecular flexibility index (Phi) is 24.0. The smallest absolute Gasteiger partial charge is 0.426 e. The minimum absolute atomic E-state index is 0.138. The van der Waals surface area contributed by atoms with E-state index in [-0.39, 0.29) is 36.8 Å². The first-order valence-corrected chi connectivity index (χ1v) is 22.4. The third-order valence-electron chi connectivity index (χ3n) is 7.69. The third-order valence-corrected chi connectivity index (χ3v) is 12.6. The number of rotatable bonds is 14. The Morgan fingerprint density at radius 2 is 1.16 bits per heavy atom. The SMILES string of the molecule is CC(C)C[C@H](NC(=O)CNC(=O)c1cc(Br)cc(Br)c1Br)B(O)O.CC(C)C[C@H](NC(=O)CNC(=O)c1cc(Br)cc(Br)c1Br)B1OCCCNCCCO1. The summed E-state index contributed by atoms with van der Waals surface area (Å²) in [4.78, 5) is 49.3. The van der Waals surface area contributed by atoms with Crippen LogP contribution in [-0.2, 0) is 18.9 Å². The highest BCUT2D eigenvalue weighted by molar-refractivity contribution is 9.13. The number of carbonyl (C=O) groups is 4. The van der Waals surface area contributed by atoms with Crippen LogP contribution in [-0.4, -0.2) is 99.2 Å². The molecule has 2 aromatic carbocycles. The zero-order valence-electron chi connectivity index (χ0n) is 31.0. The van der Waals surface area contributed by atoms with E-state index in [4.69, 9.17) is 9.31 Å². The van der Waals surface area contributed by atoms with Gasteiger partial charge in [0.2, 0.25) is 11.8 Å². The second-order valence-electron chi connectivity index (χ2n) is 13.5. The van der Waals surface area contributed by atoms with Gasteiger partial charge in [-0.15, -0.1) is 0 Å². The molecule has 0 unspecified atom stereocenters. The van der Waals surface area contributed by atoms with Crippen molar-refractivity contribution in [1.82, 2.24) is 26.6 Å². The van der Waals surface area contributed by atoms with E-state index in [1.807, 2.05) is 19.9 Å². The quantitative estimate of drug-likeness (QED) is 0.0891. The molecule has 3 rings (SSSR count). The Bertz CT molecular complexity index is 1590. The fourth-order valence-electron chi connectivity index (χ4n) is 5.18. The highest BCUT2D eigenvalue weighted by Crippen LogP contribution is 2.31. The van der Waals surface area contributed by atoms with Crippen molar-refractivity contribution in [3.63, 3.8) is 0 Å². The lowest BCUT2D eigenvalue weighted by Gasteiger charge is -2.27. The zero-order chi connectivity index (χ0) is 41.2. The number of benzene rings is 2. The van der Waals surface area contributed by atoms with Crippen molar-refractivity contribution in [2.75, 3.05) is 39.4 Å². The van der Waals surface area contributed by atoms with Crippen LogP contribution in [0.5, 0.6) is 0 Å². The second-order valence-corrected chi connectivity index (χ2v) is 18.6. The molecule has 0 aliphatic carbocycles. The molecule has 4 amide bonds. The summed E-state index contributed by atoms with van der Waals surface area (Å²) in [5.74, 6) is -2.08. The molecule has 1 fully saturated rings. The van der Waals surface area contributed by atoms with E-state index in [9.17, 15) is 29.2 Å². The molecule has 0 bridgehead atoms. The predicted molar refractivity (Wildman–Crippen MR) is 236 cm³/mol. The normalized spacial score (nSPS) is 14.6. The molecule has 2 atom stereocenters. The summed E-state index contributed by atoms with van der Waals surface area (Å²) >= 11 is 20.1. The summed E-state index contributed by atoms with van der Waals surface area (Å²) in [5, 5.41) is 32.6. The summed E-state index contributed by atoms with van der Waals surface area (Å²) in [7, 11) is -2.16. The maximum absolute atomic E-state index is 12.6. The van der Waals surface area contributed by atoms with E-state index >= 15 is 0 Å². The van der Waals surface area contributed by atoms with Crippen LogP contribution in [0, 0.1) is 11.8 Å². The number of nitrogens with one attached hydrogen (secondary N) is 5. The molecule has 1 heterocycles. The standard InChI is InChI=1S/C20H29BBr3N3O4.C14H18BBr3N2O4/c1-13(2)9-17(21-30-7-3-5-25-6-4-8-31-21)27-18(28)12-26-20(29)15-10-14(22)11-16(23)19(15)24;1-7(2)3-11(15(23)24)20-12(21)6-19-14(22)9-4-8(16)5-10(17)13(9)18/h10-11,13,17,25H,3-9,12H2,1-2H3,(H,26,29)(H,27,28);4-5,7,11,23-24H,3,6H2,1-2H3,(H,19,22)(H,20,21)/t17-;11-/m00/s1. The third kappa shape index (κ3) is 19.2. The van der Waals surface area contributed by atoms with E-state index in [1.54, 1.807) is 18.2 Å². The van der Waals surface area contributed by atoms with Crippen LogP contribution in [0.3, 0.4) is 0 Å². The van der Waals surface area contributed by atoms with Crippen molar-refractivity contribution in [3.8, 4) is 0 Å². The molecular formula is C34H47B2Br6N5O8. The van der Waals surface area contributed by atoms with Gasteiger partial charge in [-0.3, -0.25) is 19.2 Å². The molecule has 1 aliphatic rings. The number of carbonyl (C=O) groups excluding carboxylic acids is 4. The van der Waals surface area contributed by atoms with Crippen LogP contribution in [0.2, 0.25) is 0 Å². The first kappa shape index (κ1) is 50.3. The van der Waals surface area contributed by atoms with Gasteiger partial charge in [0.05, 0.1) is 36.1 Å². The van der Waals surface area contributed by atoms with Crippen LogP contribution >= 0.6 is 95.6 Å². The maximum atomic E-state index is 12.6. The van der Waals surface area contributed by atoms with Gasteiger partial charge in [0.1, 0.15) is 0 Å². The lowest BCUT2D eigenvalue weighted by Crippen LogP contribution is -2.52. The molecule has 7 N–H and O–H groups in total. The Morgan fingerprint density at radius 3 is 1.58 bits per heavy atom. The molecule has 1 saturated heterocycles. The molecule has 21 heteroatoms. The topological polar surface area (TPSA) is 187 Å². The van der Waals surface area contributed by atoms with Crippen molar-refractivity contribution in [1.29, 1.82) is 0 Å². The Labute approximate surface area is 374 Å². The summed E-state index contributed by atoms with van der Waals surface area (Å²) in [5.41, 5.74) is 0.797. The first-order chi connectivity index (χ1) is 25.9. The maximum Gasteiger partial charge on any atom is 0.480 e. The van der Waals surface area contributed by atoms with E-state index in [0.29, 0.717) is 61.0 Å². The van der Waals surface area contributed by atoms with Gasteiger partial charge in [0.15, 0.2) is 0 Å². The molecule has 0 aromatic heterocycles. The Morgan fingerprint density at radius 1 is 0.727 bits per heavy atom. The van der Waals surface area contributed by atoms with Crippen LogP contribution in [0.1, 0.15) is 74.1 Å². The average molecular weight is 1150 g/mol. The monoisotopic (exact) mass is 1150 g/mol. The van der Waals surface area contributed by atoms with Crippen LogP contribution in [0.4, 0.5) is 0 Å². The van der Waals surface area contributed by atoms with Crippen molar-refractivity contribution < 1.29 is 38.5 Å². The van der Waals surface area contributed by atoms with Crippen molar-refractivity contribution in [2.24, 2.45) is 11.8 Å². The highest BCUT2D eigenvalue weighted by atomic mass is 79.9. The highest BCUT2D eigenvalue weighted by Gasteiger charge is 2.33. The molecule has 1 aliphatic heterocycles. The Hall–Kier alpha value is -0.870. The lowest BCUT2D eigenvalue weighted by atomic mass is 9.73. The fourth-order valence-corrected chi connectivity index (χ4v) is 8.45. The first-order valence-electron chi connectivity index (χ1n) is 17.6. The summed E-state index contributed by atoms with van der Waals surface area (Å²) in [6.45, 7) is 10.5. The molecule has 0 spiro atoms. The van der Waals surface area contributed by atoms with Gasteiger partial charge in [-0.1, -0.05) is 59.6 Å². The summed E-state index contributed by atoms with van der Waals surface area (Å²) < 4.78 is 16.0. The predicted octanol–water partition coefficient (Wildman–Crippen LogP) is 5.93. The van der Waals surface area contributed by atoms with Gasteiger partial charge in [-0.05, 0) is 139 Å². The molecule has 0 radical (unpaired) electrons. The lowest BCUT2D eigenvalue weighted by molar-refractivity contribution is -0.121. The van der Waals surface area contributed by atoms with E-state index in [1.165, 1.54) is 0 Å². The van der Waals surface area contributed by atoms with Gasteiger partial charge >= 0.3 is 14.2 Å². The van der Waals surface area contributed by atoms with Gasteiger partial charge in [0.25, 0.3) is 11.8 Å². The second kappa shape index (κ2) is 26.3. The molecule has 0 saturated carbocycles. The zero-order valence-corrected chi connectivity index (χ0v) is 40.5. The van der Waals surface area contributed by atoms with Crippen LogP contribution < -0.4 is 26.6 Å². The van der Waals surface area contributed by atoms with Crippen molar-refractivity contribution >= 4 is 133 Å². The largest absolute Gasteiger partial charge is 0.480 e. The minimum atomic E-state index is -1.65. The molecular weight excluding hydrogens is 1110 g/mol. The van der Waals surface area contributed by atoms with Crippen molar-refractivity contribution in [2.45, 2.75) is 65.3 Å². The average Bonchev–Trinajstić information content (AvgIpc) is 3.10. The minimum Gasteiger partial charge on any atom is -0.426 e. The van der Waals surface area contributed by atoms with Crippen molar-refractivity contribution in [3.05, 3.63) is 62.2 Å². The van der Waals surface area contributed by atoms with E-state index in [2.05, 4.69) is 136 Å². The summed E-state index contributed by atoms with van der Waals surface area (Å²) in [6.07, 6.45) is 2.90. The van der Waals surface area contributed by atoms with Crippen LogP contribution in [0.15, 0.2) is 51.1 Å². The molecule has 304 valence electrons. The summed E-state index contributed by atoms with van der Waals surface area (Å²) in [6, 6.07) is 6.94. The van der Waals surface area contributed by atoms with Gasteiger partial charge in [-0.25, -0.2) is 0 Å². The van der Waals surface area contributed by atoms with Gasteiger partial charge < -0.3 is 45.9 Å².